The fraction of sp³-hybridized carbons (Fsp3) is 0.667. The minimum Gasteiger partial charge on any atom is -0.368 e. The normalized spacial score (nSPS) is 27.2. The molecule has 1 aliphatic carbocycles. The highest BCUT2D eigenvalue weighted by Gasteiger charge is 2.31. The quantitative estimate of drug-likeness (QED) is 0.735. The van der Waals surface area contributed by atoms with Crippen molar-refractivity contribution in [2.45, 2.75) is 13.3 Å². The van der Waals surface area contributed by atoms with Gasteiger partial charge in [0.2, 0.25) is 0 Å². The van der Waals surface area contributed by atoms with E-state index in [0.717, 1.165) is 24.2 Å². The van der Waals surface area contributed by atoms with Gasteiger partial charge in [-0.2, -0.15) is 5.10 Å². The highest BCUT2D eigenvalue weighted by molar-refractivity contribution is 5.32. The molecule has 2 atom stereocenters. The largest absolute Gasteiger partial charge is 0.368 e. The zero-order valence-corrected chi connectivity index (χ0v) is 7.62. The van der Waals surface area contributed by atoms with Crippen LogP contribution in [0.1, 0.15) is 13.3 Å². The first-order valence-electron chi connectivity index (χ1n) is 4.49. The van der Waals surface area contributed by atoms with Gasteiger partial charge in [0.1, 0.15) is 5.82 Å². The van der Waals surface area contributed by atoms with Crippen molar-refractivity contribution in [1.29, 1.82) is 0 Å². The Balaban J connectivity index is 1.80. The fourth-order valence-electron chi connectivity index (χ4n) is 1.43. The molecular weight excluding hydrogens is 150 g/mol. The lowest BCUT2D eigenvalue weighted by Gasteiger charge is -1.99. The Morgan fingerprint density at radius 2 is 2.50 bits per heavy atom. The van der Waals surface area contributed by atoms with E-state index in [4.69, 9.17) is 0 Å². The van der Waals surface area contributed by atoms with Crippen molar-refractivity contribution in [3.05, 3.63) is 12.3 Å². The lowest BCUT2D eigenvalue weighted by molar-refractivity contribution is 0.753. The van der Waals surface area contributed by atoms with Gasteiger partial charge in [-0.1, -0.05) is 6.92 Å². The maximum Gasteiger partial charge on any atom is 0.147 e. The molecule has 0 bridgehead atoms. The molecule has 1 saturated carbocycles. The van der Waals surface area contributed by atoms with Crippen LogP contribution in [-0.4, -0.2) is 16.3 Å². The highest BCUT2D eigenvalue weighted by Crippen LogP contribution is 2.37. The molecule has 66 valence electrons. The Hall–Kier alpha value is -0.990. The van der Waals surface area contributed by atoms with Crippen molar-refractivity contribution in [3.8, 4) is 0 Å². The van der Waals surface area contributed by atoms with Gasteiger partial charge in [-0.25, -0.2) is 0 Å². The molecule has 0 spiro atoms. The number of nitrogens with zero attached hydrogens (tertiary/aromatic N) is 2. The summed E-state index contributed by atoms with van der Waals surface area (Å²) in [6.07, 6.45) is 3.33. The third-order valence-corrected chi connectivity index (χ3v) is 2.54. The summed E-state index contributed by atoms with van der Waals surface area (Å²) in [4.78, 5) is 0. The molecule has 2 rings (SSSR count). The van der Waals surface area contributed by atoms with Crippen LogP contribution in [0.25, 0.3) is 0 Å². The van der Waals surface area contributed by atoms with E-state index in [0.29, 0.717) is 0 Å². The van der Waals surface area contributed by atoms with Crippen molar-refractivity contribution in [3.63, 3.8) is 0 Å². The van der Waals surface area contributed by atoms with E-state index < -0.39 is 0 Å². The van der Waals surface area contributed by atoms with Gasteiger partial charge in [0, 0.05) is 25.9 Å². The average Bonchev–Trinajstić information content (AvgIpc) is 2.56. The number of aryl methyl sites for hydroxylation is 1. The van der Waals surface area contributed by atoms with E-state index in [1.54, 1.807) is 0 Å². The molecule has 1 aliphatic rings. The molecule has 0 radical (unpaired) electrons. The summed E-state index contributed by atoms with van der Waals surface area (Å²) >= 11 is 0. The summed E-state index contributed by atoms with van der Waals surface area (Å²) in [5.74, 6) is 2.80. The molecule has 1 aromatic rings. The molecule has 0 aliphatic heterocycles. The number of hydrogen-bond acceptors (Lipinski definition) is 2. The Morgan fingerprint density at radius 3 is 3.00 bits per heavy atom. The van der Waals surface area contributed by atoms with Crippen LogP contribution in [0, 0.1) is 11.8 Å². The van der Waals surface area contributed by atoms with Crippen LogP contribution in [0.3, 0.4) is 0 Å². The first kappa shape index (κ1) is 7.65. The molecule has 2 unspecified atom stereocenters. The topological polar surface area (TPSA) is 29.9 Å². The van der Waals surface area contributed by atoms with E-state index in [2.05, 4.69) is 17.3 Å². The first-order chi connectivity index (χ1) is 5.75. The van der Waals surface area contributed by atoms with Crippen LogP contribution in [0.5, 0.6) is 0 Å². The van der Waals surface area contributed by atoms with Gasteiger partial charge in [-0.05, 0) is 18.3 Å². The van der Waals surface area contributed by atoms with Gasteiger partial charge in [-0.15, -0.1) is 0 Å². The lowest BCUT2D eigenvalue weighted by Crippen LogP contribution is -2.05. The molecule has 1 N–H and O–H groups in total. The van der Waals surface area contributed by atoms with E-state index in [9.17, 15) is 0 Å². The maximum atomic E-state index is 4.24. The molecule has 1 fully saturated rings. The molecule has 3 nitrogen and oxygen atoms in total. The third kappa shape index (κ3) is 1.60. The predicted octanol–water partition coefficient (Wildman–Crippen LogP) is 1.49. The summed E-state index contributed by atoms with van der Waals surface area (Å²) in [6, 6.07) is 2.01. The van der Waals surface area contributed by atoms with E-state index in [-0.39, 0.29) is 0 Å². The minimum absolute atomic E-state index is 0.881. The van der Waals surface area contributed by atoms with Gasteiger partial charge in [-0.3, -0.25) is 4.68 Å². The van der Waals surface area contributed by atoms with Crippen LogP contribution in [0.15, 0.2) is 12.3 Å². The van der Waals surface area contributed by atoms with Crippen LogP contribution in [0.2, 0.25) is 0 Å². The molecule has 0 aromatic carbocycles. The molecule has 12 heavy (non-hydrogen) atoms. The zero-order valence-electron chi connectivity index (χ0n) is 7.62. The first-order valence-corrected chi connectivity index (χ1v) is 4.49. The van der Waals surface area contributed by atoms with Crippen molar-refractivity contribution < 1.29 is 0 Å². The van der Waals surface area contributed by atoms with Crippen LogP contribution in [-0.2, 0) is 7.05 Å². The monoisotopic (exact) mass is 165 g/mol. The second-order valence-corrected chi connectivity index (χ2v) is 3.73. The standard InChI is InChI=1S/C9H15N3/c1-7-5-8(7)6-10-9-3-4-12(2)11-9/h3-4,7-8H,5-6H2,1-2H3,(H,10,11). The predicted molar refractivity (Wildman–Crippen MR) is 49.0 cm³/mol. The summed E-state index contributed by atoms with van der Waals surface area (Å²) in [6.45, 7) is 3.38. The molecule has 1 aromatic heterocycles. The van der Waals surface area contributed by atoms with E-state index in [1.807, 2.05) is 24.0 Å². The smallest absolute Gasteiger partial charge is 0.147 e. The Bertz CT molecular complexity index is 266. The van der Waals surface area contributed by atoms with Gasteiger partial charge in [0.25, 0.3) is 0 Å². The number of anilines is 1. The van der Waals surface area contributed by atoms with Crippen molar-refractivity contribution in [2.24, 2.45) is 18.9 Å². The Labute approximate surface area is 72.8 Å². The SMILES string of the molecule is CC1CC1CNc1ccn(C)n1. The number of nitrogens with one attached hydrogen (secondary N) is 1. The Kier molecular flexibility index (Phi) is 1.79. The molecule has 3 heteroatoms. The molecular formula is C9H15N3. The number of hydrogen-bond donors (Lipinski definition) is 1. The summed E-state index contributed by atoms with van der Waals surface area (Å²) in [7, 11) is 1.94. The number of aromatic nitrogens is 2. The number of rotatable bonds is 3. The van der Waals surface area contributed by atoms with Gasteiger partial charge < -0.3 is 5.32 Å². The highest BCUT2D eigenvalue weighted by atomic mass is 15.3. The van der Waals surface area contributed by atoms with Gasteiger partial charge in [0.05, 0.1) is 0 Å². The minimum atomic E-state index is 0.881. The average molecular weight is 165 g/mol. The van der Waals surface area contributed by atoms with E-state index >= 15 is 0 Å². The second-order valence-electron chi connectivity index (χ2n) is 3.73. The lowest BCUT2D eigenvalue weighted by atomic mass is 10.3. The van der Waals surface area contributed by atoms with Crippen molar-refractivity contribution in [2.75, 3.05) is 11.9 Å². The summed E-state index contributed by atoms with van der Waals surface area (Å²) < 4.78 is 1.82. The molecule has 0 saturated heterocycles. The van der Waals surface area contributed by atoms with Crippen molar-refractivity contribution in [1.82, 2.24) is 9.78 Å². The zero-order chi connectivity index (χ0) is 8.55. The van der Waals surface area contributed by atoms with Crippen LogP contribution < -0.4 is 5.32 Å². The summed E-state index contributed by atoms with van der Waals surface area (Å²) in [5, 5.41) is 7.57. The van der Waals surface area contributed by atoms with E-state index in [1.165, 1.54) is 6.42 Å². The molecule has 1 heterocycles. The van der Waals surface area contributed by atoms with Gasteiger partial charge in [0.15, 0.2) is 0 Å². The van der Waals surface area contributed by atoms with Gasteiger partial charge >= 0.3 is 0 Å². The van der Waals surface area contributed by atoms with Crippen molar-refractivity contribution >= 4 is 5.82 Å². The Morgan fingerprint density at radius 1 is 1.75 bits per heavy atom. The van der Waals surface area contributed by atoms with Crippen LogP contribution in [0.4, 0.5) is 5.82 Å². The third-order valence-electron chi connectivity index (χ3n) is 2.54. The fourth-order valence-corrected chi connectivity index (χ4v) is 1.43. The maximum absolute atomic E-state index is 4.24. The second kappa shape index (κ2) is 2.81. The van der Waals surface area contributed by atoms with Crippen LogP contribution >= 0.6 is 0 Å². The summed E-state index contributed by atoms with van der Waals surface area (Å²) in [5.41, 5.74) is 0. The molecule has 0 amide bonds.